The lowest BCUT2D eigenvalue weighted by Crippen LogP contribution is -2.52. The van der Waals surface area contributed by atoms with E-state index in [-0.39, 0.29) is 11.6 Å². The molecule has 1 saturated carbocycles. The lowest BCUT2D eigenvalue weighted by atomic mass is 9.83. The predicted octanol–water partition coefficient (Wildman–Crippen LogP) is 3.17. The Balaban J connectivity index is 1.62. The number of halogens is 2. The van der Waals surface area contributed by atoms with Crippen LogP contribution in [0.1, 0.15) is 18.1 Å². The number of morpholine rings is 1. The highest BCUT2D eigenvalue weighted by atomic mass is 35.5. The van der Waals surface area contributed by atoms with Crippen molar-refractivity contribution in [1.82, 2.24) is 4.90 Å². The first-order valence-corrected chi connectivity index (χ1v) is 11.2. The second-order valence-electron chi connectivity index (χ2n) is 8.64. The van der Waals surface area contributed by atoms with E-state index >= 15 is 0 Å². The van der Waals surface area contributed by atoms with E-state index in [9.17, 15) is 19.6 Å². The van der Waals surface area contributed by atoms with Gasteiger partial charge < -0.3 is 9.64 Å². The van der Waals surface area contributed by atoms with Gasteiger partial charge in [0.1, 0.15) is 5.41 Å². The first-order chi connectivity index (χ1) is 15.8. The molecule has 7 nitrogen and oxygen atoms in total. The van der Waals surface area contributed by atoms with Crippen molar-refractivity contribution in [3.63, 3.8) is 0 Å². The van der Waals surface area contributed by atoms with Crippen LogP contribution in [0.4, 0.5) is 5.69 Å². The van der Waals surface area contributed by atoms with Crippen LogP contribution in [-0.4, -0.2) is 48.9 Å². The van der Waals surface area contributed by atoms with E-state index < -0.39 is 28.6 Å². The summed E-state index contributed by atoms with van der Waals surface area (Å²) in [5.74, 6) is -2.08. The molecule has 0 spiro atoms. The number of ether oxygens (including phenoxy) is 1. The minimum Gasteiger partial charge on any atom is -0.378 e. The number of amides is 3. The molecule has 2 aromatic rings. The fourth-order valence-electron chi connectivity index (χ4n) is 5.48. The van der Waals surface area contributed by atoms with E-state index in [1.54, 1.807) is 36.1 Å². The molecule has 0 unspecified atom stereocenters. The van der Waals surface area contributed by atoms with Crippen LogP contribution >= 0.6 is 23.2 Å². The molecule has 168 valence electrons. The highest BCUT2D eigenvalue weighted by Crippen LogP contribution is 2.74. The lowest BCUT2D eigenvalue weighted by Gasteiger charge is -2.35. The molecule has 0 N–H and O–H groups in total. The summed E-state index contributed by atoms with van der Waals surface area (Å²) in [5, 5.41) is 9.78. The van der Waals surface area contributed by atoms with Crippen LogP contribution in [0.5, 0.6) is 0 Å². The SMILES string of the molecule is C[C@@]12C(=O)N(c3cc(Cl)cc(Cl)c3)C(=O)[C@@H]1[C@]2(C(=O)N1CCOCC1)c1ccc(C#N)cc1. The van der Waals surface area contributed by atoms with Crippen LogP contribution in [0.25, 0.3) is 0 Å². The Bertz CT molecular complexity index is 1220. The molecule has 2 heterocycles. The highest BCUT2D eigenvalue weighted by molar-refractivity contribution is 6.37. The zero-order valence-electron chi connectivity index (χ0n) is 17.7. The number of nitriles is 1. The number of fused-ring (bicyclic) bond motifs is 1. The molecular weight excluding hydrogens is 465 g/mol. The van der Waals surface area contributed by atoms with Crippen LogP contribution in [0, 0.1) is 22.7 Å². The van der Waals surface area contributed by atoms with Crippen molar-refractivity contribution in [2.45, 2.75) is 12.3 Å². The molecule has 3 fully saturated rings. The van der Waals surface area contributed by atoms with Crippen molar-refractivity contribution in [2.24, 2.45) is 11.3 Å². The molecular formula is C24H19Cl2N3O4. The Morgan fingerprint density at radius 1 is 1.09 bits per heavy atom. The summed E-state index contributed by atoms with van der Waals surface area (Å²) in [6.07, 6.45) is 0. The third-order valence-corrected chi connectivity index (χ3v) is 7.51. The van der Waals surface area contributed by atoms with E-state index in [2.05, 4.69) is 6.07 Å². The number of hydrogen-bond acceptors (Lipinski definition) is 5. The molecule has 2 aromatic carbocycles. The van der Waals surface area contributed by atoms with Crippen molar-refractivity contribution in [3.8, 4) is 6.07 Å². The Morgan fingerprint density at radius 2 is 1.70 bits per heavy atom. The van der Waals surface area contributed by atoms with Gasteiger partial charge in [0.2, 0.25) is 17.7 Å². The number of carbonyl (C=O) groups excluding carboxylic acids is 3. The predicted molar refractivity (Wildman–Crippen MR) is 121 cm³/mol. The summed E-state index contributed by atoms with van der Waals surface area (Å²) in [7, 11) is 0. The van der Waals surface area contributed by atoms with Gasteiger partial charge >= 0.3 is 0 Å². The molecule has 9 heteroatoms. The Kier molecular flexibility index (Phi) is 5.02. The van der Waals surface area contributed by atoms with Crippen LogP contribution in [-0.2, 0) is 24.5 Å². The summed E-state index contributed by atoms with van der Waals surface area (Å²) in [4.78, 5) is 44.1. The van der Waals surface area contributed by atoms with Crippen molar-refractivity contribution in [2.75, 3.05) is 31.2 Å². The number of anilines is 1. The van der Waals surface area contributed by atoms with Crippen molar-refractivity contribution >= 4 is 46.6 Å². The Hall–Kier alpha value is -2.92. The van der Waals surface area contributed by atoms with Crippen molar-refractivity contribution in [3.05, 3.63) is 63.6 Å². The van der Waals surface area contributed by atoms with Gasteiger partial charge in [-0.2, -0.15) is 5.26 Å². The average molecular weight is 484 g/mol. The molecule has 33 heavy (non-hydrogen) atoms. The third-order valence-electron chi connectivity index (χ3n) is 7.07. The number of hydrogen-bond donors (Lipinski definition) is 0. The quantitative estimate of drug-likeness (QED) is 0.625. The number of carbonyl (C=O) groups is 3. The lowest BCUT2D eigenvalue weighted by molar-refractivity contribution is -0.143. The average Bonchev–Trinajstić information content (AvgIpc) is 3.33. The van der Waals surface area contributed by atoms with Crippen LogP contribution in [0.15, 0.2) is 42.5 Å². The maximum Gasteiger partial charge on any atom is 0.242 e. The highest BCUT2D eigenvalue weighted by Gasteiger charge is 2.90. The molecule has 3 aliphatic rings. The van der Waals surface area contributed by atoms with Gasteiger partial charge in [0, 0.05) is 23.1 Å². The fraction of sp³-hybridized carbons (Fsp3) is 0.333. The maximum atomic E-state index is 13.9. The van der Waals surface area contributed by atoms with E-state index in [0.717, 1.165) is 4.90 Å². The summed E-state index contributed by atoms with van der Waals surface area (Å²) in [5.41, 5.74) is -1.36. The van der Waals surface area contributed by atoms with Gasteiger partial charge in [0.05, 0.1) is 41.9 Å². The monoisotopic (exact) mass is 483 g/mol. The minimum atomic E-state index is -1.34. The molecule has 5 rings (SSSR count). The standard InChI is InChI=1S/C24H19Cl2N3O4/c1-23-19(20(30)29(21(23)31)18-11-16(25)10-17(26)12-18)24(23,15-4-2-14(13-27)3-5-15)22(32)28-6-8-33-9-7-28/h2-5,10-12,19H,6-9H2,1H3/t19-,23-,24-/m0/s1. The Morgan fingerprint density at radius 3 is 2.21 bits per heavy atom. The van der Waals surface area contributed by atoms with Crippen molar-refractivity contribution in [1.29, 1.82) is 5.26 Å². The molecule has 0 bridgehead atoms. The van der Waals surface area contributed by atoms with Gasteiger partial charge in [-0.15, -0.1) is 0 Å². The summed E-state index contributed by atoms with van der Waals surface area (Å²) < 4.78 is 5.38. The maximum absolute atomic E-state index is 13.9. The van der Waals surface area contributed by atoms with Crippen molar-refractivity contribution < 1.29 is 19.1 Å². The second kappa shape index (κ2) is 7.56. The van der Waals surface area contributed by atoms with Gasteiger partial charge in [-0.3, -0.25) is 14.4 Å². The van der Waals surface area contributed by atoms with Crippen LogP contribution < -0.4 is 4.90 Å². The fourth-order valence-corrected chi connectivity index (χ4v) is 5.99. The molecule has 3 atom stereocenters. The smallest absolute Gasteiger partial charge is 0.242 e. The van der Waals surface area contributed by atoms with Crippen LogP contribution in [0.3, 0.4) is 0 Å². The van der Waals surface area contributed by atoms with Gasteiger partial charge in [-0.25, -0.2) is 4.90 Å². The molecule has 0 radical (unpaired) electrons. The molecule has 1 aliphatic carbocycles. The number of nitrogens with zero attached hydrogens (tertiary/aromatic N) is 3. The third kappa shape index (κ3) is 2.88. The topological polar surface area (TPSA) is 90.7 Å². The second-order valence-corrected chi connectivity index (χ2v) is 9.52. The van der Waals surface area contributed by atoms with E-state index in [0.29, 0.717) is 47.5 Å². The van der Waals surface area contributed by atoms with Gasteiger partial charge in [0.25, 0.3) is 0 Å². The number of imide groups is 1. The minimum absolute atomic E-state index is 0.270. The van der Waals surface area contributed by atoms with E-state index in [4.69, 9.17) is 27.9 Å². The summed E-state index contributed by atoms with van der Waals surface area (Å²) >= 11 is 12.2. The molecule has 2 saturated heterocycles. The van der Waals surface area contributed by atoms with Gasteiger partial charge in [0.15, 0.2) is 0 Å². The summed E-state index contributed by atoms with van der Waals surface area (Å²) in [6.45, 7) is 3.23. The Labute approximate surface area is 200 Å². The molecule has 3 amide bonds. The number of rotatable bonds is 3. The molecule has 0 aromatic heterocycles. The van der Waals surface area contributed by atoms with Gasteiger partial charge in [-0.05, 0) is 42.8 Å². The number of benzene rings is 2. The van der Waals surface area contributed by atoms with Gasteiger partial charge in [-0.1, -0.05) is 35.3 Å². The van der Waals surface area contributed by atoms with E-state index in [1.165, 1.54) is 18.2 Å². The number of piperidine rings is 1. The summed E-state index contributed by atoms with van der Waals surface area (Å²) in [6, 6.07) is 13.1. The first kappa shape index (κ1) is 21.9. The zero-order valence-corrected chi connectivity index (χ0v) is 19.2. The molecule has 2 aliphatic heterocycles. The normalized spacial score (nSPS) is 28.5. The van der Waals surface area contributed by atoms with Crippen LogP contribution in [0.2, 0.25) is 10.0 Å². The largest absolute Gasteiger partial charge is 0.378 e. The zero-order chi connectivity index (χ0) is 23.5. The van der Waals surface area contributed by atoms with E-state index in [1.807, 2.05) is 0 Å². The first-order valence-electron chi connectivity index (χ1n) is 10.5.